The third kappa shape index (κ3) is 3.41. The van der Waals surface area contributed by atoms with Crippen LogP contribution in [0.2, 0.25) is 0 Å². The Balaban J connectivity index is 1.69. The third-order valence-electron chi connectivity index (χ3n) is 3.81. The van der Waals surface area contributed by atoms with Crippen LogP contribution in [0.5, 0.6) is 0 Å². The fourth-order valence-corrected chi connectivity index (χ4v) is 2.55. The highest BCUT2D eigenvalue weighted by Crippen LogP contribution is 2.28. The molecule has 0 saturated heterocycles. The molecule has 3 heterocycles. The minimum atomic E-state index is -0.296. The molecule has 1 aromatic carbocycles. The van der Waals surface area contributed by atoms with Crippen molar-refractivity contribution in [3.8, 4) is 22.6 Å². The maximum absolute atomic E-state index is 13.3. The molecule has 0 atom stereocenters. The minimum Gasteiger partial charge on any atom is -0.349 e. The summed E-state index contributed by atoms with van der Waals surface area (Å²) >= 11 is 0. The van der Waals surface area contributed by atoms with Crippen LogP contribution in [-0.4, -0.2) is 24.9 Å². The average Bonchev–Trinajstić information content (AvgIpc) is 3.22. The summed E-state index contributed by atoms with van der Waals surface area (Å²) in [7, 11) is 0. The number of halogens is 1. The van der Waals surface area contributed by atoms with Gasteiger partial charge in [-0.25, -0.2) is 19.3 Å². The van der Waals surface area contributed by atoms with Crippen molar-refractivity contribution in [2.45, 2.75) is 6.54 Å². The molecule has 0 unspecified atom stereocenters. The first-order chi connectivity index (χ1) is 12.8. The molecule has 0 saturated carbocycles. The van der Waals surface area contributed by atoms with E-state index in [1.807, 2.05) is 18.2 Å². The first-order valence-corrected chi connectivity index (χ1v) is 8.06. The predicted octanol–water partition coefficient (Wildman–Crippen LogP) is 3.68. The Labute approximate surface area is 149 Å². The van der Waals surface area contributed by atoms with Gasteiger partial charge in [-0.3, -0.25) is 4.98 Å². The fraction of sp³-hybridized carbons (Fsp3) is 0.0526. The van der Waals surface area contributed by atoms with E-state index in [0.717, 1.165) is 16.8 Å². The molecule has 26 heavy (non-hydrogen) atoms. The van der Waals surface area contributed by atoms with Crippen molar-refractivity contribution in [2.75, 3.05) is 5.32 Å². The molecular formula is C19H15FN6. The Bertz CT molecular complexity index is 984. The number of nitrogens with one attached hydrogen (secondary N) is 2. The number of aromatic nitrogens is 5. The van der Waals surface area contributed by atoms with E-state index in [1.54, 1.807) is 36.9 Å². The van der Waals surface area contributed by atoms with E-state index in [1.165, 1.54) is 12.1 Å². The molecule has 0 amide bonds. The maximum Gasteiger partial charge on any atom is 0.223 e. The molecule has 6 nitrogen and oxygen atoms in total. The second kappa shape index (κ2) is 7.10. The summed E-state index contributed by atoms with van der Waals surface area (Å²) in [6, 6.07) is 11.9. The van der Waals surface area contributed by atoms with Gasteiger partial charge in [-0.15, -0.1) is 0 Å². The number of hydrogen-bond acceptors (Lipinski definition) is 5. The number of benzene rings is 1. The number of aromatic amines is 1. The Hall–Kier alpha value is -3.61. The Morgan fingerprint density at radius 3 is 2.58 bits per heavy atom. The lowest BCUT2D eigenvalue weighted by Gasteiger charge is -2.10. The molecule has 4 rings (SSSR count). The second-order valence-corrected chi connectivity index (χ2v) is 5.58. The smallest absolute Gasteiger partial charge is 0.223 e. The van der Waals surface area contributed by atoms with Gasteiger partial charge in [-0.05, 0) is 36.4 Å². The van der Waals surface area contributed by atoms with Crippen molar-refractivity contribution in [3.63, 3.8) is 0 Å². The maximum atomic E-state index is 13.3. The molecule has 0 bridgehead atoms. The standard InChI is InChI=1S/C19H15FN6/c20-14-6-4-13(5-7-14)17-16(18-22-9-10-23-18)12-25-19(26-17)24-11-15-3-1-2-8-21-15/h1-10,12H,11H2,(H,22,23)(H,24,25,26). The van der Waals surface area contributed by atoms with E-state index < -0.39 is 0 Å². The van der Waals surface area contributed by atoms with Crippen LogP contribution in [0.1, 0.15) is 5.69 Å². The lowest BCUT2D eigenvalue weighted by atomic mass is 10.1. The molecule has 0 fully saturated rings. The lowest BCUT2D eigenvalue weighted by Crippen LogP contribution is -2.06. The molecule has 128 valence electrons. The fourth-order valence-electron chi connectivity index (χ4n) is 2.55. The van der Waals surface area contributed by atoms with Crippen LogP contribution in [0.3, 0.4) is 0 Å². The Kier molecular flexibility index (Phi) is 4.34. The molecule has 3 aromatic heterocycles. The van der Waals surface area contributed by atoms with Gasteiger partial charge in [0.1, 0.15) is 11.6 Å². The van der Waals surface area contributed by atoms with Gasteiger partial charge in [0.25, 0.3) is 0 Å². The van der Waals surface area contributed by atoms with Crippen molar-refractivity contribution in [1.82, 2.24) is 24.9 Å². The van der Waals surface area contributed by atoms with E-state index in [2.05, 4.69) is 30.2 Å². The van der Waals surface area contributed by atoms with Gasteiger partial charge in [-0.1, -0.05) is 6.07 Å². The second-order valence-electron chi connectivity index (χ2n) is 5.58. The number of rotatable bonds is 5. The monoisotopic (exact) mass is 346 g/mol. The highest BCUT2D eigenvalue weighted by molar-refractivity contribution is 5.77. The summed E-state index contributed by atoms with van der Waals surface area (Å²) in [5.74, 6) is 0.821. The van der Waals surface area contributed by atoms with E-state index in [-0.39, 0.29) is 5.82 Å². The number of nitrogens with zero attached hydrogens (tertiary/aromatic N) is 4. The van der Waals surface area contributed by atoms with E-state index >= 15 is 0 Å². The van der Waals surface area contributed by atoms with Gasteiger partial charge in [0.2, 0.25) is 5.95 Å². The van der Waals surface area contributed by atoms with Gasteiger partial charge in [0.05, 0.1) is 23.5 Å². The molecule has 7 heteroatoms. The van der Waals surface area contributed by atoms with E-state index in [9.17, 15) is 4.39 Å². The van der Waals surface area contributed by atoms with Gasteiger partial charge >= 0.3 is 0 Å². The van der Waals surface area contributed by atoms with Gasteiger partial charge in [0, 0.05) is 30.4 Å². The third-order valence-corrected chi connectivity index (χ3v) is 3.81. The van der Waals surface area contributed by atoms with Crippen LogP contribution in [0.25, 0.3) is 22.6 Å². The van der Waals surface area contributed by atoms with Crippen LogP contribution in [0, 0.1) is 5.82 Å². The molecule has 0 aliphatic rings. The summed E-state index contributed by atoms with van der Waals surface area (Å²) in [5, 5.41) is 3.17. The quantitative estimate of drug-likeness (QED) is 0.576. The Morgan fingerprint density at radius 2 is 1.85 bits per heavy atom. The van der Waals surface area contributed by atoms with Gasteiger partial charge in [-0.2, -0.15) is 0 Å². The molecule has 0 aliphatic carbocycles. The number of pyridine rings is 1. The van der Waals surface area contributed by atoms with Crippen LogP contribution < -0.4 is 5.32 Å². The lowest BCUT2D eigenvalue weighted by molar-refractivity contribution is 0.628. The van der Waals surface area contributed by atoms with Crippen LogP contribution >= 0.6 is 0 Å². The number of H-pyrrole nitrogens is 1. The van der Waals surface area contributed by atoms with E-state index in [0.29, 0.717) is 24.0 Å². The summed E-state index contributed by atoms with van der Waals surface area (Å²) in [5.41, 5.74) is 3.07. The molecule has 0 spiro atoms. The molecule has 2 N–H and O–H groups in total. The van der Waals surface area contributed by atoms with Crippen molar-refractivity contribution >= 4 is 5.95 Å². The molecular weight excluding hydrogens is 331 g/mol. The minimum absolute atomic E-state index is 0.296. The summed E-state index contributed by atoms with van der Waals surface area (Å²) in [4.78, 5) is 20.6. The van der Waals surface area contributed by atoms with Crippen LogP contribution in [-0.2, 0) is 6.54 Å². The largest absolute Gasteiger partial charge is 0.349 e. The zero-order valence-corrected chi connectivity index (χ0v) is 13.7. The van der Waals surface area contributed by atoms with Crippen molar-refractivity contribution < 1.29 is 4.39 Å². The summed E-state index contributed by atoms with van der Waals surface area (Å²) in [6.45, 7) is 0.504. The van der Waals surface area contributed by atoms with Crippen LogP contribution in [0.15, 0.2) is 67.3 Å². The molecule has 4 aromatic rings. The average molecular weight is 346 g/mol. The molecule has 0 aliphatic heterocycles. The highest BCUT2D eigenvalue weighted by atomic mass is 19.1. The predicted molar refractivity (Wildman–Crippen MR) is 96.6 cm³/mol. The highest BCUT2D eigenvalue weighted by Gasteiger charge is 2.13. The van der Waals surface area contributed by atoms with E-state index in [4.69, 9.17) is 0 Å². The Morgan fingerprint density at radius 1 is 0.962 bits per heavy atom. The summed E-state index contributed by atoms with van der Waals surface area (Å²) < 4.78 is 13.3. The summed E-state index contributed by atoms with van der Waals surface area (Å²) in [6.07, 6.45) is 6.83. The normalized spacial score (nSPS) is 10.7. The number of imidazole rings is 1. The topological polar surface area (TPSA) is 79.4 Å². The van der Waals surface area contributed by atoms with Crippen LogP contribution in [0.4, 0.5) is 10.3 Å². The number of anilines is 1. The van der Waals surface area contributed by atoms with Gasteiger partial charge < -0.3 is 10.3 Å². The molecule has 0 radical (unpaired) electrons. The first kappa shape index (κ1) is 15.9. The van der Waals surface area contributed by atoms with Crippen molar-refractivity contribution in [3.05, 3.63) is 78.8 Å². The first-order valence-electron chi connectivity index (χ1n) is 8.06. The zero-order chi connectivity index (χ0) is 17.8. The zero-order valence-electron chi connectivity index (χ0n) is 13.7. The van der Waals surface area contributed by atoms with Crippen molar-refractivity contribution in [2.24, 2.45) is 0 Å². The SMILES string of the molecule is Fc1ccc(-c2nc(NCc3ccccn3)ncc2-c2ncc[nH]2)cc1. The number of hydrogen-bond donors (Lipinski definition) is 2. The van der Waals surface area contributed by atoms with Gasteiger partial charge in [0.15, 0.2) is 0 Å². The van der Waals surface area contributed by atoms with Crippen molar-refractivity contribution in [1.29, 1.82) is 0 Å².